The number of allylic oxidation sites excluding steroid dienone is 16. The number of phosphoric acid groups is 2. The molecule has 0 aliphatic rings. The standard InChI is InChI=1S/C81H142O17P2/c1-5-9-13-17-21-25-29-33-35-36-37-38-40-44-48-52-56-60-64-68-81(86)98-77(71-91-78(83)65-61-57-53-49-45-41-31-27-23-19-15-11-7-3)74-96-100(89,90)94-70-75(82)69-93-99(87,88)95-73-76(97-80(85)67-63-59-55-51-47-42-32-28-24-20-16-12-8-4)72-92-79(84)66-62-58-54-50-46-43-39-34-30-26-22-18-14-10-6-2/h9,13,21,25-28,30-33,35,37-38,44,48,75-77,82H,5-8,10-12,14-20,22-24,29,34,36,39-43,45-47,49-74H2,1-4H3,(H,87,88)(H,89,90)/b13-9-,25-21-,30-26-,31-27-,32-28-,35-33-,38-37-,48-44-/t75-,76-,77-/m1/s1. The Morgan fingerprint density at radius 3 is 0.820 bits per heavy atom. The van der Waals surface area contributed by atoms with Gasteiger partial charge in [-0.15, -0.1) is 0 Å². The van der Waals surface area contributed by atoms with Gasteiger partial charge in [0.15, 0.2) is 12.2 Å². The predicted molar refractivity (Wildman–Crippen MR) is 409 cm³/mol. The molecule has 0 aromatic carbocycles. The third kappa shape index (κ3) is 72.3. The summed E-state index contributed by atoms with van der Waals surface area (Å²) in [4.78, 5) is 72.9. The van der Waals surface area contributed by atoms with Gasteiger partial charge in [-0.2, -0.15) is 0 Å². The maximum absolute atomic E-state index is 13.1. The molecule has 0 aromatic rings. The van der Waals surface area contributed by atoms with Gasteiger partial charge in [-0.25, -0.2) is 9.13 Å². The van der Waals surface area contributed by atoms with Gasteiger partial charge in [-0.05, 0) is 148 Å². The zero-order valence-corrected chi connectivity index (χ0v) is 64.9. The molecule has 0 fully saturated rings. The molecule has 0 heterocycles. The highest BCUT2D eigenvalue weighted by Crippen LogP contribution is 2.45. The maximum Gasteiger partial charge on any atom is 0.472 e. The fourth-order valence-corrected chi connectivity index (χ4v) is 12.0. The Balaban J connectivity index is 5.38. The van der Waals surface area contributed by atoms with Crippen molar-refractivity contribution in [2.24, 2.45) is 0 Å². The third-order valence-corrected chi connectivity index (χ3v) is 18.4. The molecule has 100 heavy (non-hydrogen) atoms. The molecule has 0 saturated heterocycles. The lowest BCUT2D eigenvalue weighted by Gasteiger charge is -2.21. The highest BCUT2D eigenvalue weighted by molar-refractivity contribution is 7.47. The molecule has 0 amide bonds. The molecule has 0 aliphatic carbocycles. The smallest absolute Gasteiger partial charge is 0.462 e. The first-order valence-corrected chi connectivity index (χ1v) is 42.5. The van der Waals surface area contributed by atoms with Crippen molar-refractivity contribution < 1.29 is 80.2 Å². The Labute approximate surface area is 607 Å². The van der Waals surface area contributed by atoms with Gasteiger partial charge in [0.1, 0.15) is 19.3 Å². The van der Waals surface area contributed by atoms with Gasteiger partial charge >= 0.3 is 39.5 Å². The molecule has 0 aliphatic heterocycles. The Morgan fingerprint density at radius 2 is 0.520 bits per heavy atom. The van der Waals surface area contributed by atoms with Gasteiger partial charge in [0, 0.05) is 25.7 Å². The van der Waals surface area contributed by atoms with Crippen molar-refractivity contribution in [3.8, 4) is 0 Å². The molecule has 0 bridgehead atoms. The number of phosphoric ester groups is 2. The molecule has 0 aromatic heterocycles. The molecule has 2 unspecified atom stereocenters. The Morgan fingerprint density at radius 1 is 0.290 bits per heavy atom. The van der Waals surface area contributed by atoms with Gasteiger partial charge < -0.3 is 33.8 Å². The van der Waals surface area contributed by atoms with Crippen LogP contribution >= 0.6 is 15.6 Å². The number of aliphatic hydroxyl groups excluding tert-OH is 1. The highest BCUT2D eigenvalue weighted by Gasteiger charge is 2.30. The molecule has 3 N–H and O–H groups in total. The van der Waals surface area contributed by atoms with Crippen molar-refractivity contribution in [2.75, 3.05) is 39.6 Å². The summed E-state index contributed by atoms with van der Waals surface area (Å²) in [5.74, 6) is -2.22. The SMILES string of the molecule is CC/C=C\C/C=C\C/C=C\C/C=C\C/C=C\CCCCCC(=O)O[C@H](COC(=O)CCCCCCC/C=C\CCCCCC)COP(=O)(O)OC[C@H](O)COP(=O)(O)OC[C@@H](COC(=O)CCCCCCCCC/C=C\CCCCCC)OC(=O)CCCCCCC/C=C\CCCCCC. The summed E-state index contributed by atoms with van der Waals surface area (Å²) in [6.07, 6.45) is 76.7. The summed E-state index contributed by atoms with van der Waals surface area (Å²) in [6.45, 7) is 4.69. The van der Waals surface area contributed by atoms with Crippen LogP contribution in [0.4, 0.5) is 0 Å². The number of hydrogen-bond donors (Lipinski definition) is 3. The number of esters is 4. The highest BCUT2D eigenvalue weighted by atomic mass is 31.2. The first-order valence-electron chi connectivity index (χ1n) is 39.5. The normalized spacial score (nSPS) is 14.4. The number of unbranched alkanes of at least 4 members (excludes halogenated alkanes) is 32. The zero-order chi connectivity index (χ0) is 73.2. The molecular weight excluding hydrogens is 1310 g/mol. The van der Waals surface area contributed by atoms with Gasteiger partial charge in [0.05, 0.1) is 26.4 Å². The van der Waals surface area contributed by atoms with Gasteiger partial charge in [-0.1, -0.05) is 260 Å². The minimum atomic E-state index is -4.99. The van der Waals surface area contributed by atoms with Crippen LogP contribution in [-0.2, 0) is 65.4 Å². The lowest BCUT2D eigenvalue weighted by Crippen LogP contribution is -2.30. The number of rotatable bonds is 74. The number of hydrogen-bond acceptors (Lipinski definition) is 15. The summed E-state index contributed by atoms with van der Waals surface area (Å²) >= 11 is 0. The second-order valence-electron chi connectivity index (χ2n) is 26.3. The van der Waals surface area contributed by atoms with Crippen LogP contribution in [0.5, 0.6) is 0 Å². The number of ether oxygens (including phenoxy) is 4. The Bertz CT molecular complexity index is 2270. The topological polar surface area (TPSA) is 237 Å². The van der Waals surface area contributed by atoms with E-state index in [1.807, 2.05) is 0 Å². The molecule has 0 radical (unpaired) electrons. The van der Waals surface area contributed by atoms with E-state index in [2.05, 4.69) is 125 Å². The lowest BCUT2D eigenvalue weighted by molar-refractivity contribution is -0.161. The average molecular weight is 1450 g/mol. The van der Waals surface area contributed by atoms with Crippen LogP contribution in [-0.4, -0.2) is 96.7 Å². The van der Waals surface area contributed by atoms with Crippen molar-refractivity contribution in [3.05, 3.63) is 97.2 Å². The molecule has 5 atom stereocenters. The van der Waals surface area contributed by atoms with Gasteiger partial charge in [-0.3, -0.25) is 37.3 Å². The average Bonchev–Trinajstić information content (AvgIpc) is 0.929. The Hall–Kier alpha value is -4.02. The van der Waals surface area contributed by atoms with Crippen LogP contribution in [0.2, 0.25) is 0 Å². The van der Waals surface area contributed by atoms with Crippen molar-refractivity contribution in [2.45, 2.75) is 354 Å². The van der Waals surface area contributed by atoms with Crippen LogP contribution in [0, 0.1) is 0 Å². The molecule has 0 saturated carbocycles. The first kappa shape index (κ1) is 96.0. The van der Waals surface area contributed by atoms with E-state index in [9.17, 15) is 43.2 Å². The molecule has 19 heteroatoms. The van der Waals surface area contributed by atoms with Crippen molar-refractivity contribution >= 4 is 39.5 Å². The fraction of sp³-hybridized carbons (Fsp3) is 0.753. The van der Waals surface area contributed by atoms with Gasteiger partial charge in [0.25, 0.3) is 0 Å². The van der Waals surface area contributed by atoms with Crippen LogP contribution in [0.1, 0.15) is 336 Å². The van der Waals surface area contributed by atoms with E-state index in [1.54, 1.807) is 0 Å². The van der Waals surface area contributed by atoms with Gasteiger partial charge in [0.2, 0.25) is 0 Å². The summed E-state index contributed by atoms with van der Waals surface area (Å²) in [5.41, 5.74) is 0. The number of aliphatic hydroxyl groups is 1. The molecule has 17 nitrogen and oxygen atoms in total. The number of carbonyl (C=O) groups is 4. The van der Waals surface area contributed by atoms with Crippen LogP contribution in [0.3, 0.4) is 0 Å². The van der Waals surface area contributed by atoms with E-state index in [0.29, 0.717) is 25.7 Å². The largest absolute Gasteiger partial charge is 0.472 e. The first-order chi connectivity index (χ1) is 48.7. The van der Waals surface area contributed by atoms with E-state index in [1.165, 1.54) is 89.9 Å². The number of carbonyl (C=O) groups excluding carboxylic acids is 4. The van der Waals surface area contributed by atoms with Crippen molar-refractivity contribution in [1.29, 1.82) is 0 Å². The minimum Gasteiger partial charge on any atom is -0.462 e. The summed E-state index contributed by atoms with van der Waals surface area (Å²) < 4.78 is 68.5. The second kappa shape index (κ2) is 73.3. The van der Waals surface area contributed by atoms with Crippen molar-refractivity contribution in [3.63, 3.8) is 0 Å². The molecular formula is C81H142O17P2. The molecule has 0 rings (SSSR count). The quantitative estimate of drug-likeness (QED) is 0.0169. The van der Waals surface area contributed by atoms with Crippen LogP contribution in [0.15, 0.2) is 97.2 Å². The fourth-order valence-electron chi connectivity index (χ4n) is 10.5. The summed E-state index contributed by atoms with van der Waals surface area (Å²) in [7, 11) is -9.96. The molecule has 0 spiro atoms. The maximum atomic E-state index is 13.1. The summed E-state index contributed by atoms with van der Waals surface area (Å²) in [6, 6.07) is 0. The van der Waals surface area contributed by atoms with E-state index < -0.39 is 97.5 Å². The van der Waals surface area contributed by atoms with E-state index in [4.69, 9.17) is 37.0 Å². The third-order valence-electron chi connectivity index (χ3n) is 16.5. The van der Waals surface area contributed by atoms with E-state index in [-0.39, 0.29) is 25.7 Å². The van der Waals surface area contributed by atoms with Crippen LogP contribution < -0.4 is 0 Å². The zero-order valence-electron chi connectivity index (χ0n) is 63.1. The molecule has 578 valence electrons. The van der Waals surface area contributed by atoms with Crippen molar-refractivity contribution in [1.82, 2.24) is 0 Å². The van der Waals surface area contributed by atoms with Crippen LogP contribution in [0.25, 0.3) is 0 Å². The van der Waals surface area contributed by atoms with E-state index >= 15 is 0 Å². The second-order valence-corrected chi connectivity index (χ2v) is 29.2. The lowest BCUT2D eigenvalue weighted by atomic mass is 10.1. The summed E-state index contributed by atoms with van der Waals surface area (Å²) in [5, 5.41) is 10.6. The monoisotopic (exact) mass is 1450 g/mol. The minimum absolute atomic E-state index is 0.0541. The van der Waals surface area contributed by atoms with E-state index in [0.717, 1.165) is 167 Å². The predicted octanol–water partition coefficient (Wildman–Crippen LogP) is 22.8. The Kier molecular flexibility index (Phi) is 70.4.